The lowest BCUT2D eigenvalue weighted by Crippen LogP contribution is -2.16. The minimum atomic E-state index is -0.0909. The van der Waals surface area contributed by atoms with Crippen molar-refractivity contribution in [1.82, 2.24) is 20.0 Å². The van der Waals surface area contributed by atoms with Gasteiger partial charge < -0.3 is 5.32 Å². The van der Waals surface area contributed by atoms with E-state index in [-0.39, 0.29) is 5.91 Å². The molecule has 7 heteroatoms. The van der Waals surface area contributed by atoms with E-state index in [4.69, 9.17) is 0 Å². The van der Waals surface area contributed by atoms with E-state index in [9.17, 15) is 4.79 Å². The topological polar surface area (TPSA) is 75.6 Å². The van der Waals surface area contributed by atoms with Gasteiger partial charge in [-0.15, -0.1) is 0 Å². The third-order valence-electron chi connectivity index (χ3n) is 3.03. The molecule has 2 rings (SSSR count). The number of aromatic nitrogens is 4. The molecule has 0 spiro atoms. The highest BCUT2D eigenvalue weighted by molar-refractivity contribution is 9.10. The molecule has 2 heterocycles. The van der Waals surface area contributed by atoms with Crippen molar-refractivity contribution >= 4 is 27.7 Å². The first-order valence-electron chi connectivity index (χ1n) is 6.04. The fourth-order valence-corrected chi connectivity index (χ4v) is 2.29. The van der Waals surface area contributed by atoms with E-state index in [1.54, 1.807) is 6.20 Å². The standard InChI is InChI=1S/C12H16BrN5O/c1-4-18-8(3)9(7(2)17-18)5-11(19)15-12-10(13)6-14-16-12/h6H,4-5H2,1-3H3,(H2,14,15,16,19). The molecule has 0 aromatic carbocycles. The van der Waals surface area contributed by atoms with Crippen LogP contribution in [0.4, 0.5) is 5.82 Å². The first-order valence-corrected chi connectivity index (χ1v) is 6.83. The number of nitrogens with one attached hydrogen (secondary N) is 2. The van der Waals surface area contributed by atoms with Crippen LogP contribution in [0.15, 0.2) is 10.7 Å². The van der Waals surface area contributed by atoms with Crippen molar-refractivity contribution < 1.29 is 4.79 Å². The van der Waals surface area contributed by atoms with Gasteiger partial charge in [-0.25, -0.2) is 0 Å². The fraction of sp³-hybridized carbons (Fsp3) is 0.417. The maximum Gasteiger partial charge on any atom is 0.230 e. The molecule has 2 N–H and O–H groups in total. The van der Waals surface area contributed by atoms with Gasteiger partial charge in [0.2, 0.25) is 5.91 Å². The normalized spacial score (nSPS) is 10.7. The van der Waals surface area contributed by atoms with Crippen molar-refractivity contribution in [2.75, 3.05) is 5.32 Å². The summed E-state index contributed by atoms with van der Waals surface area (Å²) in [4.78, 5) is 12.0. The number of hydrogen-bond acceptors (Lipinski definition) is 3. The third-order valence-corrected chi connectivity index (χ3v) is 3.63. The maximum absolute atomic E-state index is 12.0. The summed E-state index contributed by atoms with van der Waals surface area (Å²) in [7, 11) is 0. The summed E-state index contributed by atoms with van der Waals surface area (Å²) in [5.41, 5.74) is 2.92. The van der Waals surface area contributed by atoms with Gasteiger partial charge in [0.15, 0.2) is 0 Å². The predicted molar refractivity (Wildman–Crippen MR) is 76.0 cm³/mol. The Bertz CT molecular complexity index is 601. The van der Waals surface area contributed by atoms with Crippen molar-refractivity contribution in [3.05, 3.63) is 27.6 Å². The molecule has 0 saturated carbocycles. The van der Waals surface area contributed by atoms with Crippen molar-refractivity contribution in [1.29, 1.82) is 0 Å². The van der Waals surface area contributed by atoms with Crippen LogP contribution in [0, 0.1) is 13.8 Å². The smallest absolute Gasteiger partial charge is 0.230 e. The van der Waals surface area contributed by atoms with Crippen LogP contribution in [0.5, 0.6) is 0 Å². The summed E-state index contributed by atoms with van der Waals surface area (Å²) in [6.07, 6.45) is 1.91. The van der Waals surface area contributed by atoms with Crippen molar-refractivity contribution in [2.45, 2.75) is 33.7 Å². The lowest BCUT2D eigenvalue weighted by molar-refractivity contribution is -0.115. The van der Waals surface area contributed by atoms with Gasteiger partial charge in [-0.05, 0) is 36.7 Å². The molecule has 2 aromatic rings. The third kappa shape index (κ3) is 2.86. The molecule has 0 atom stereocenters. The highest BCUT2D eigenvalue weighted by atomic mass is 79.9. The Morgan fingerprint density at radius 3 is 2.79 bits per heavy atom. The molecule has 0 unspecified atom stereocenters. The summed E-state index contributed by atoms with van der Waals surface area (Å²) < 4.78 is 2.64. The Kier molecular flexibility index (Phi) is 4.04. The number of carbonyl (C=O) groups is 1. The lowest BCUT2D eigenvalue weighted by atomic mass is 10.1. The van der Waals surface area contributed by atoms with E-state index in [1.807, 2.05) is 25.5 Å². The summed E-state index contributed by atoms with van der Waals surface area (Å²) in [6, 6.07) is 0. The van der Waals surface area contributed by atoms with Crippen LogP contribution in [0.1, 0.15) is 23.9 Å². The van der Waals surface area contributed by atoms with Crippen molar-refractivity contribution in [3.8, 4) is 0 Å². The van der Waals surface area contributed by atoms with Gasteiger partial charge in [0.1, 0.15) is 5.82 Å². The molecule has 0 aliphatic heterocycles. The average molecular weight is 326 g/mol. The van der Waals surface area contributed by atoms with E-state index >= 15 is 0 Å². The molecule has 6 nitrogen and oxygen atoms in total. The number of nitrogens with zero attached hydrogens (tertiary/aromatic N) is 3. The van der Waals surface area contributed by atoms with Crippen LogP contribution in [0.3, 0.4) is 0 Å². The zero-order valence-electron chi connectivity index (χ0n) is 11.1. The number of anilines is 1. The van der Waals surface area contributed by atoms with E-state index in [0.717, 1.165) is 28.0 Å². The summed E-state index contributed by atoms with van der Waals surface area (Å²) in [6.45, 7) is 6.75. The van der Waals surface area contributed by atoms with Crippen LogP contribution < -0.4 is 5.32 Å². The minimum absolute atomic E-state index is 0.0909. The second-order valence-corrected chi connectivity index (χ2v) is 5.14. The summed E-state index contributed by atoms with van der Waals surface area (Å²) in [5.74, 6) is 0.481. The van der Waals surface area contributed by atoms with Gasteiger partial charge in [-0.1, -0.05) is 0 Å². The number of hydrogen-bond donors (Lipinski definition) is 2. The molecular formula is C12H16BrN5O. The maximum atomic E-state index is 12.0. The number of rotatable bonds is 4. The number of halogens is 1. The van der Waals surface area contributed by atoms with Crippen LogP contribution in [-0.4, -0.2) is 25.9 Å². The van der Waals surface area contributed by atoms with Crippen LogP contribution in [0.25, 0.3) is 0 Å². The first-order chi connectivity index (χ1) is 9.02. The van der Waals surface area contributed by atoms with Crippen LogP contribution in [-0.2, 0) is 17.8 Å². The molecule has 0 bridgehead atoms. The largest absolute Gasteiger partial charge is 0.310 e. The second-order valence-electron chi connectivity index (χ2n) is 4.28. The Morgan fingerprint density at radius 2 is 2.26 bits per heavy atom. The SMILES string of the molecule is CCn1nc(C)c(CC(=O)Nc2[nH]ncc2Br)c1C. The van der Waals surface area contributed by atoms with E-state index in [2.05, 4.69) is 36.5 Å². The quantitative estimate of drug-likeness (QED) is 0.904. The zero-order valence-corrected chi connectivity index (χ0v) is 12.7. The molecule has 102 valence electrons. The number of amides is 1. The summed E-state index contributed by atoms with van der Waals surface area (Å²) in [5, 5.41) is 13.7. The van der Waals surface area contributed by atoms with Gasteiger partial charge in [0.25, 0.3) is 0 Å². The predicted octanol–water partition coefficient (Wildman–Crippen LogP) is 2.19. The zero-order chi connectivity index (χ0) is 14.0. The number of aromatic amines is 1. The van der Waals surface area contributed by atoms with Gasteiger partial charge in [-0.2, -0.15) is 10.2 Å². The molecule has 0 fully saturated rings. The number of aryl methyl sites for hydroxylation is 2. The lowest BCUT2D eigenvalue weighted by Gasteiger charge is -2.04. The number of H-pyrrole nitrogens is 1. The Morgan fingerprint density at radius 1 is 1.53 bits per heavy atom. The minimum Gasteiger partial charge on any atom is -0.310 e. The second kappa shape index (κ2) is 5.56. The molecule has 19 heavy (non-hydrogen) atoms. The average Bonchev–Trinajstić information content (AvgIpc) is 2.88. The monoisotopic (exact) mass is 325 g/mol. The van der Waals surface area contributed by atoms with Crippen molar-refractivity contribution in [3.63, 3.8) is 0 Å². The molecule has 0 aliphatic rings. The first kappa shape index (κ1) is 13.8. The molecule has 1 amide bonds. The highest BCUT2D eigenvalue weighted by Gasteiger charge is 2.15. The molecule has 0 saturated heterocycles. The molecule has 0 radical (unpaired) electrons. The van der Waals surface area contributed by atoms with E-state index in [1.165, 1.54) is 0 Å². The Labute approximate surface area is 119 Å². The van der Waals surface area contributed by atoms with Crippen molar-refractivity contribution in [2.24, 2.45) is 0 Å². The fourth-order valence-electron chi connectivity index (χ4n) is 2.00. The Balaban J connectivity index is 2.11. The molecule has 2 aromatic heterocycles. The van der Waals surface area contributed by atoms with E-state index < -0.39 is 0 Å². The highest BCUT2D eigenvalue weighted by Crippen LogP contribution is 2.19. The summed E-state index contributed by atoms with van der Waals surface area (Å²) >= 11 is 3.30. The molecule has 0 aliphatic carbocycles. The van der Waals surface area contributed by atoms with Gasteiger partial charge >= 0.3 is 0 Å². The van der Waals surface area contributed by atoms with Crippen LogP contribution >= 0.6 is 15.9 Å². The van der Waals surface area contributed by atoms with Gasteiger partial charge in [0.05, 0.1) is 22.8 Å². The van der Waals surface area contributed by atoms with E-state index in [0.29, 0.717) is 12.2 Å². The van der Waals surface area contributed by atoms with Gasteiger partial charge in [-0.3, -0.25) is 14.6 Å². The Hall–Kier alpha value is -1.63. The van der Waals surface area contributed by atoms with Gasteiger partial charge in [0, 0.05) is 17.8 Å². The number of carbonyl (C=O) groups excluding carboxylic acids is 1. The van der Waals surface area contributed by atoms with Crippen LogP contribution in [0.2, 0.25) is 0 Å². The molecular weight excluding hydrogens is 310 g/mol.